The van der Waals surface area contributed by atoms with Gasteiger partial charge in [0.1, 0.15) is 28.2 Å². The lowest BCUT2D eigenvalue weighted by molar-refractivity contribution is -0.385. The summed E-state index contributed by atoms with van der Waals surface area (Å²) in [6.45, 7) is 7.37. The molecule has 0 atom stereocenters. The summed E-state index contributed by atoms with van der Waals surface area (Å²) < 4.78 is 35.0. The number of hydrogen-bond donors (Lipinski definition) is 1. The van der Waals surface area contributed by atoms with Gasteiger partial charge in [0.2, 0.25) is 0 Å². The van der Waals surface area contributed by atoms with E-state index in [-0.39, 0.29) is 33.1 Å². The molecule has 0 aliphatic rings. The number of amides is 1. The van der Waals surface area contributed by atoms with Gasteiger partial charge in [0, 0.05) is 5.39 Å². The second-order valence-corrected chi connectivity index (χ2v) is 11.0. The Morgan fingerprint density at radius 3 is 2.49 bits per heavy atom. The number of nitrogens with zero attached hydrogens (tertiary/aromatic N) is 4. The van der Waals surface area contributed by atoms with Gasteiger partial charge in [-0.2, -0.15) is 5.10 Å². The molecule has 0 radical (unpaired) electrons. The summed E-state index contributed by atoms with van der Waals surface area (Å²) in [5, 5.41) is 16.0. The van der Waals surface area contributed by atoms with E-state index < -0.39 is 20.9 Å². The molecule has 0 fully saturated rings. The van der Waals surface area contributed by atoms with E-state index in [9.17, 15) is 23.3 Å². The molecular formula is C25H25N5O6S. The number of ether oxygens (including phenoxy) is 1. The predicted molar refractivity (Wildman–Crippen MR) is 137 cm³/mol. The predicted octanol–water partition coefficient (Wildman–Crippen LogP) is 4.06. The number of nitro groups is 1. The minimum absolute atomic E-state index is 0.105. The maximum atomic E-state index is 13.2. The molecule has 0 aliphatic heterocycles. The quantitative estimate of drug-likeness (QED) is 0.294. The second-order valence-electron chi connectivity index (χ2n) is 9.39. The summed E-state index contributed by atoms with van der Waals surface area (Å²) in [5.41, 5.74) is 1.33. The molecule has 1 amide bonds. The molecule has 4 rings (SSSR count). The Morgan fingerprint density at radius 1 is 1.14 bits per heavy atom. The van der Waals surface area contributed by atoms with E-state index in [1.165, 1.54) is 37.0 Å². The third kappa shape index (κ3) is 5.00. The van der Waals surface area contributed by atoms with E-state index >= 15 is 0 Å². The summed E-state index contributed by atoms with van der Waals surface area (Å²) in [6, 6.07) is 12.8. The van der Waals surface area contributed by atoms with Crippen LogP contribution in [-0.2, 0) is 15.4 Å². The van der Waals surface area contributed by atoms with Crippen molar-refractivity contribution in [3.8, 4) is 11.4 Å². The number of nitrogens with one attached hydrogen (secondary N) is 1. The second kappa shape index (κ2) is 9.28. The van der Waals surface area contributed by atoms with Crippen LogP contribution in [0, 0.1) is 17.0 Å². The average Bonchev–Trinajstić information content (AvgIpc) is 3.23. The van der Waals surface area contributed by atoms with Crippen LogP contribution in [0.4, 0.5) is 5.69 Å². The third-order valence-corrected chi connectivity index (χ3v) is 7.16. The van der Waals surface area contributed by atoms with Gasteiger partial charge in [0.05, 0.1) is 23.2 Å². The van der Waals surface area contributed by atoms with E-state index in [2.05, 4.69) is 14.8 Å². The standard InChI is InChI=1S/C25H25N5O6S/c1-15-21(30(32)33)14-29(27-15)20-8-6-7-18-17(20)10-11-19(26-18)24(31)28-37(34,35)23-13-16(25(2,3)4)9-12-22(23)36-5/h6-14H,1-5H3,(H,28,31). The zero-order valence-corrected chi connectivity index (χ0v) is 21.7. The van der Waals surface area contributed by atoms with Gasteiger partial charge in [-0.1, -0.05) is 32.9 Å². The molecule has 2 aromatic heterocycles. The Balaban J connectivity index is 1.69. The summed E-state index contributed by atoms with van der Waals surface area (Å²) in [7, 11) is -2.94. The number of benzene rings is 2. The fraction of sp³-hybridized carbons (Fsp3) is 0.240. The maximum absolute atomic E-state index is 13.2. The van der Waals surface area contributed by atoms with Crippen LogP contribution >= 0.6 is 0 Å². The molecule has 0 spiro atoms. The Bertz CT molecular complexity index is 1650. The molecule has 192 valence electrons. The van der Waals surface area contributed by atoms with Crippen LogP contribution in [0.2, 0.25) is 0 Å². The third-order valence-electron chi connectivity index (χ3n) is 5.80. The van der Waals surface area contributed by atoms with Crippen molar-refractivity contribution in [2.24, 2.45) is 0 Å². The first-order valence-electron chi connectivity index (χ1n) is 11.2. The van der Waals surface area contributed by atoms with Gasteiger partial charge in [0.25, 0.3) is 15.9 Å². The number of hydrogen-bond acceptors (Lipinski definition) is 8. The first-order chi connectivity index (χ1) is 17.3. The van der Waals surface area contributed by atoms with E-state index in [1.54, 1.807) is 36.4 Å². The molecule has 0 aliphatic carbocycles. The Kier molecular flexibility index (Phi) is 6.46. The molecule has 0 bridgehead atoms. The van der Waals surface area contributed by atoms with Gasteiger partial charge in [-0.3, -0.25) is 14.9 Å². The lowest BCUT2D eigenvalue weighted by Crippen LogP contribution is -2.31. The van der Waals surface area contributed by atoms with Crippen LogP contribution in [0.25, 0.3) is 16.6 Å². The average molecular weight is 524 g/mol. The highest BCUT2D eigenvalue weighted by Crippen LogP contribution is 2.31. The Labute approximate surface area is 213 Å². The minimum atomic E-state index is -4.29. The van der Waals surface area contributed by atoms with Crippen molar-refractivity contribution in [1.82, 2.24) is 19.5 Å². The highest BCUT2D eigenvalue weighted by molar-refractivity contribution is 7.90. The molecule has 1 N–H and O–H groups in total. The molecule has 2 aromatic carbocycles. The minimum Gasteiger partial charge on any atom is -0.495 e. The fourth-order valence-corrected chi connectivity index (χ4v) is 4.96. The topological polar surface area (TPSA) is 146 Å². The fourth-order valence-electron chi connectivity index (χ4n) is 3.80. The van der Waals surface area contributed by atoms with Gasteiger partial charge in [-0.25, -0.2) is 22.8 Å². The highest BCUT2D eigenvalue weighted by Gasteiger charge is 2.26. The van der Waals surface area contributed by atoms with Crippen molar-refractivity contribution in [3.63, 3.8) is 0 Å². The van der Waals surface area contributed by atoms with Crippen LogP contribution in [0.15, 0.2) is 59.6 Å². The Hall–Kier alpha value is -4.32. The van der Waals surface area contributed by atoms with Crippen LogP contribution in [0.1, 0.15) is 42.5 Å². The van der Waals surface area contributed by atoms with Crippen LogP contribution in [0.5, 0.6) is 5.75 Å². The van der Waals surface area contributed by atoms with Crippen molar-refractivity contribution in [2.45, 2.75) is 38.0 Å². The van der Waals surface area contributed by atoms with Gasteiger partial charge < -0.3 is 4.74 Å². The monoisotopic (exact) mass is 523 g/mol. The van der Waals surface area contributed by atoms with Gasteiger partial charge in [0.15, 0.2) is 0 Å². The van der Waals surface area contributed by atoms with E-state index in [0.29, 0.717) is 16.6 Å². The number of methoxy groups -OCH3 is 1. The molecule has 37 heavy (non-hydrogen) atoms. The molecular weight excluding hydrogens is 498 g/mol. The molecule has 11 nitrogen and oxygen atoms in total. The molecule has 4 aromatic rings. The van der Waals surface area contributed by atoms with Gasteiger partial charge in [-0.05, 0) is 54.3 Å². The summed E-state index contributed by atoms with van der Waals surface area (Å²) in [5.74, 6) is -0.811. The van der Waals surface area contributed by atoms with Gasteiger partial charge in [-0.15, -0.1) is 0 Å². The number of aryl methyl sites for hydroxylation is 1. The molecule has 2 heterocycles. The maximum Gasteiger partial charge on any atom is 0.310 e. The van der Waals surface area contributed by atoms with E-state index in [0.717, 1.165) is 5.56 Å². The molecule has 0 saturated heterocycles. The number of rotatable bonds is 6. The normalized spacial score (nSPS) is 11.9. The molecule has 0 saturated carbocycles. The van der Waals surface area contributed by atoms with E-state index in [4.69, 9.17) is 4.74 Å². The summed E-state index contributed by atoms with van der Waals surface area (Å²) >= 11 is 0. The number of pyridine rings is 1. The highest BCUT2D eigenvalue weighted by atomic mass is 32.2. The van der Waals surface area contributed by atoms with Crippen molar-refractivity contribution in [2.75, 3.05) is 7.11 Å². The smallest absolute Gasteiger partial charge is 0.310 e. The first kappa shape index (κ1) is 25.8. The lowest BCUT2D eigenvalue weighted by atomic mass is 9.87. The zero-order valence-electron chi connectivity index (χ0n) is 20.8. The number of carbonyl (C=O) groups is 1. The number of fused-ring (bicyclic) bond motifs is 1. The molecule has 0 unspecified atom stereocenters. The first-order valence-corrected chi connectivity index (χ1v) is 12.7. The lowest BCUT2D eigenvalue weighted by Gasteiger charge is -2.21. The SMILES string of the molecule is COc1ccc(C(C)(C)C)cc1S(=O)(=O)NC(=O)c1ccc2c(-n3cc([N+](=O)[O-])c(C)n3)cccc2n1. The number of aromatic nitrogens is 3. The van der Waals surface area contributed by atoms with Crippen molar-refractivity contribution < 1.29 is 22.9 Å². The largest absolute Gasteiger partial charge is 0.495 e. The molecule has 12 heteroatoms. The van der Waals surface area contributed by atoms with Crippen molar-refractivity contribution in [1.29, 1.82) is 0 Å². The van der Waals surface area contributed by atoms with Crippen LogP contribution < -0.4 is 9.46 Å². The number of sulfonamides is 1. The van der Waals surface area contributed by atoms with Crippen LogP contribution in [0.3, 0.4) is 0 Å². The van der Waals surface area contributed by atoms with Crippen molar-refractivity contribution >= 4 is 32.5 Å². The number of carbonyl (C=O) groups excluding carboxylic acids is 1. The van der Waals surface area contributed by atoms with Gasteiger partial charge >= 0.3 is 5.69 Å². The zero-order chi connectivity index (χ0) is 27.1. The van der Waals surface area contributed by atoms with E-state index in [1.807, 2.05) is 20.8 Å². The van der Waals surface area contributed by atoms with Crippen molar-refractivity contribution in [3.05, 3.63) is 81.8 Å². The van der Waals surface area contributed by atoms with Crippen LogP contribution in [-0.4, -0.2) is 41.1 Å². The summed E-state index contributed by atoms with van der Waals surface area (Å²) in [6.07, 6.45) is 1.30. The summed E-state index contributed by atoms with van der Waals surface area (Å²) in [4.78, 5) is 27.8. The Morgan fingerprint density at radius 2 is 1.86 bits per heavy atom.